The van der Waals surface area contributed by atoms with E-state index in [9.17, 15) is 9.59 Å². The number of nitrogens with one attached hydrogen (secondary N) is 1. The Morgan fingerprint density at radius 1 is 1.38 bits per heavy atom. The molecule has 7 heteroatoms. The van der Waals surface area contributed by atoms with Gasteiger partial charge in [0.2, 0.25) is 5.91 Å². The van der Waals surface area contributed by atoms with Gasteiger partial charge >= 0.3 is 0 Å². The summed E-state index contributed by atoms with van der Waals surface area (Å²) in [7, 11) is 0. The Labute approximate surface area is 161 Å². The van der Waals surface area contributed by atoms with E-state index in [1.807, 2.05) is 18.2 Å². The van der Waals surface area contributed by atoms with Crippen LogP contribution in [0, 0.1) is 5.92 Å². The van der Waals surface area contributed by atoms with E-state index in [4.69, 9.17) is 10.5 Å². The first-order valence-electron chi connectivity index (χ1n) is 8.99. The summed E-state index contributed by atoms with van der Waals surface area (Å²) < 4.78 is 5.66. The number of ether oxygens (including phenoxy) is 1. The van der Waals surface area contributed by atoms with Crippen molar-refractivity contribution in [3.63, 3.8) is 0 Å². The Hall–Kier alpha value is -1.79. The number of hydrogen-bond donors (Lipinski definition) is 2. The predicted octanol–water partition coefficient (Wildman–Crippen LogP) is 1.92. The molecule has 1 fully saturated rings. The van der Waals surface area contributed by atoms with Gasteiger partial charge < -0.3 is 20.7 Å². The van der Waals surface area contributed by atoms with Gasteiger partial charge in [0.05, 0.1) is 5.92 Å². The van der Waals surface area contributed by atoms with E-state index in [1.165, 1.54) is 5.56 Å². The van der Waals surface area contributed by atoms with Gasteiger partial charge in [0.15, 0.2) is 6.61 Å². The Bertz CT molecular complexity index is 595. The van der Waals surface area contributed by atoms with E-state index in [0.29, 0.717) is 37.8 Å². The number of rotatable bonds is 7. The minimum absolute atomic E-state index is 0. The number of carbonyl (C=O) groups excluding carboxylic acids is 2. The molecule has 1 atom stereocenters. The van der Waals surface area contributed by atoms with E-state index in [0.717, 1.165) is 12.8 Å². The van der Waals surface area contributed by atoms with Gasteiger partial charge in [-0.15, -0.1) is 12.4 Å². The number of nitrogens with two attached hydrogens (primary N) is 1. The van der Waals surface area contributed by atoms with Gasteiger partial charge in [0, 0.05) is 26.2 Å². The van der Waals surface area contributed by atoms with Crippen molar-refractivity contribution in [3.8, 4) is 5.75 Å². The molecule has 146 valence electrons. The normalized spacial score (nSPS) is 16.8. The maximum Gasteiger partial charge on any atom is 0.260 e. The first kappa shape index (κ1) is 22.3. The first-order chi connectivity index (χ1) is 12.0. The second-order valence-electron chi connectivity index (χ2n) is 6.77. The zero-order valence-corrected chi connectivity index (χ0v) is 16.4. The average Bonchev–Trinajstić information content (AvgIpc) is 2.64. The fraction of sp³-hybridized carbons (Fsp3) is 0.579. The van der Waals surface area contributed by atoms with Crippen molar-refractivity contribution in [2.75, 3.05) is 32.8 Å². The SMILES string of the molecule is CC(C)c1cccc(OCC(=O)N2CCCC(C(=O)NCCN)C2)c1.Cl. The second-order valence-corrected chi connectivity index (χ2v) is 6.77. The largest absolute Gasteiger partial charge is 0.484 e. The van der Waals surface area contributed by atoms with Gasteiger partial charge in [0.1, 0.15) is 5.75 Å². The molecule has 1 aliphatic rings. The Morgan fingerprint density at radius 2 is 2.15 bits per heavy atom. The number of amides is 2. The van der Waals surface area contributed by atoms with E-state index in [1.54, 1.807) is 4.90 Å². The van der Waals surface area contributed by atoms with Crippen LogP contribution in [0.3, 0.4) is 0 Å². The third-order valence-corrected chi connectivity index (χ3v) is 4.48. The number of benzene rings is 1. The van der Waals surface area contributed by atoms with Gasteiger partial charge in [-0.05, 0) is 36.5 Å². The smallest absolute Gasteiger partial charge is 0.260 e. The lowest BCUT2D eigenvalue weighted by Gasteiger charge is -2.32. The van der Waals surface area contributed by atoms with Gasteiger partial charge in [-0.1, -0.05) is 26.0 Å². The van der Waals surface area contributed by atoms with Crippen LogP contribution >= 0.6 is 12.4 Å². The van der Waals surface area contributed by atoms with Crippen molar-refractivity contribution < 1.29 is 14.3 Å². The van der Waals surface area contributed by atoms with Crippen molar-refractivity contribution in [2.24, 2.45) is 11.7 Å². The number of carbonyl (C=O) groups is 2. The number of halogens is 1. The zero-order valence-electron chi connectivity index (χ0n) is 15.6. The molecule has 0 radical (unpaired) electrons. The molecule has 0 aromatic heterocycles. The van der Waals surface area contributed by atoms with Crippen molar-refractivity contribution in [3.05, 3.63) is 29.8 Å². The highest BCUT2D eigenvalue weighted by atomic mass is 35.5. The summed E-state index contributed by atoms with van der Waals surface area (Å²) in [5, 5.41) is 2.80. The average molecular weight is 384 g/mol. The lowest BCUT2D eigenvalue weighted by Crippen LogP contribution is -2.47. The molecule has 0 saturated carbocycles. The summed E-state index contributed by atoms with van der Waals surface area (Å²) in [5.74, 6) is 0.858. The first-order valence-corrected chi connectivity index (χ1v) is 8.99. The summed E-state index contributed by atoms with van der Waals surface area (Å²) in [4.78, 5) is 26.2. The summed E-state index contributed by atoms with van der Waals surface area (Å²) in [6, 6.07) is 7.82. The van der Waals surface area contributed by atoms with E-state index >= 15 is 0 Å². The fourth-order valence-electron chi connectivity index (χ4n) is 2.96. The lowest BCUT2D eigenvalue weighted by molar-refractivity contribution is -0.137. The van der Waals surface area contributed by atoms with E-state index < -0.39 is 0 Å². The van der Waals surface area contributed by atoms with Crippen molar-refractivity contribution >= 4 is 24.2 Å². The predicted molar refractivity (Wildman–Crippen MR) is 105 cm³/mol. The second kappa shape index (κ2) is 11.0. The Morgan fingerprint density at radius 3 is 2.85 bits per heavy atom. The topological polar surface area (TPSA) is 84.7 Å². The van der Waals surface area contributed by atoms with Gasteiger partial charge in [0.25, 0.3) is 5.91 Å². The van der Waals surface area contributed by atoms with Crippen molar-refractivity contribution in [2.45, 2.75) is 32.6 Å². The van der Waals surface area contributed by atoms with Crippen LogP contribution in [0.2, 0.25) is 0 Å². The number of piperidine rings is 1. The lowest BCUT2D eigenvalue weighted by atomic mass is 9.97. The number of nitrogens with zero attached hydrogens (tertiary/aromatic N) is 1. The maximum atomic E-state index is 12.4. The molecule has 0 bridgehead atoms. The monoisotopic (exact) mass is 383 g/mol. The molecular weight excluding hydrogens is 354 g/mol. The van der Waals surface area contributed by atoms with Crippen LogP contribution in [-0.2, 0) is 9.59 Å². The minimum Gasteiger partial charge on any atom is -0.484 e. The molecule has 6 nitrogen and oxygen atoms in total. The maximum absolute atomic E-state index is 12.4. The zero-order chi connectivity index (χ0) is 18.2. The van der Waals surface area contributed by atoms with Gasteiger partial charge in [-0.2, -0.15) is 0 Å². The molecular formula is C19H30ClN3O3. The summed E-state index contributed by atoms with van der Waals surface area (Å²) in [6.07, 6.45) is 1.63. The summed E-state index contributed by atoms with van der Waals surface area (Å²) in [5.41, 5.74) is 6.59. The van der Waals surface area contributed by atoms with Crippen LogP contribution in [0.15, 0.2) is 24.3 Å². The minimum atomic E-state index is -0.159. The fourth-order valence-corrected chi connectivity index (χ4v) is 2.96. The quantitative estimate of drug-likeness (QED) is 0.753. The van der Waals surface area contributed by atoms with Crippen molar-refractivity contribution in [1.29, 1.82) is 0 Å². The third kappa shape index (κ3) is 6.50. The van der Waals surface area contributed by atoms with Crippen LogP contribution in [-0.4, -0.2) is 49.5 Å². The molecule has 1 heterocycles. The highest BCUT2D eigenvalue weighted by molar-refractivity contribution is 5.85. The molecule has 1 aromatic rings. The number of hydrogen-bond acceptors (Lipinski definition) is 4. The molecule has 1 unspecified atom stereocenters. The molecule has 26 heavy (non-hydrogen) atoms. The Balaban J connectivity index is 0.00000338. The molecule has 0 aliphatic carbocycles. The van der Waals surface area contributed by atoms with E-state index in [2.05, 4.69) is 25.2 Å². The molecule has 1 aromatic carbocycles. The highest BCUT2D eigenvalue weighted by Crippen LogP contribution is 2.21. The standard InChI is InChI=1S/C19H29N3O3.ClH/c1-14(2)15-5-3-7-17(11-15)25-13-18(23)22-10-4-6-16(12-22)19(24)21-9-8-20;/h3,5,7,11,14,16H,4,6,8-10,12-13,20H2,1-2H3,(H,21,24);1H. The van der Waals surface area contributed by atoms with Gasteiger partial charge in [-0.25, -0.2) is 0 Å². The summed E-state index contributed by atoms with van der Waals surface area (Å²) in [6.45, 7) is 6.25. The third-order valence-electron chi connectivity index (χ3n) is 4.48. The highest BCUT2D eigenvalue weighted by Gasteiger charge is 2.28. The number of likely N-dealkylation sites (tertiary alicyclic amines) is 1. The Kier molecular flexibility index (Phi) is 9.44. The van der Waals surface area contributed by atoms with E-state index in [-0.39, 0.29) is 36.7 Å². The molecule has 0 spiro atoms. The van der Waals surface area contributed by atoms with Crippen LogP contribution in [0.25, 0.3) is 0 Å². The van der Waals surface area contributed by atoms with Crippen LogP contribution in [0.4, 0.5) is 0 Å². The van der Waals surface area contributed by atoms with Crippen LogP contribution in [0.5, 0.6) is 5.75 Å². The molecule has 1 aliphatic heterocycles. The molecule has 2 rings (SSSR count). The van der Waals surface area contributed by atoms with Crippen LogP contribution in [0.1, 0.15) is 38.2 Å². The molecule has 1 saturated heterocycles. The molecule has 2 amide bonds. The molecule has 3 N–H and O–H groups in total. The van der Waals surface area contributed by atoms with Gasteiger partial charge in [-0.3, -0.25) is 9.59 Å². The van der Waals surface area contributed by atoms with Crippen LogP contribution < -0.4 is 15.8 Å². The van der Waals surface area contributed by atoms with Crippen molar-refractivity contribution in [1.82, 2.24) is 10.2 Å². The summed E-state index contributed by atoms with van der Waals surface area (Å²) >= 11 is 0.